The maximum absolute atomic E-state index is 14.0. The van der Waals surface area contributed by atoms with Crippen LogP contribution in [0.25, 0.3) is 32.8 Å². The van der Waals surface area contributed by atoms with Gasteiger partial charge in [-0.05, 0) is 86.7 Å². The highest BCUT2D eigenvalue weighted by atomic mass is 35.5. The Bertz CT molecular complexity index is 2050. The van der Waals surface area contributed by atoms with E-state index in [0.29, 0.717) is 49.1 Å². The number of rotatable bonds is 11. The zero-order chi connectivity index (χ0) is 36.2. The van der Waals surface area contributed by atoms with Crippen molar-refractivity contribution in [1.82, 2.24) is 19.2 Å². The summed E-state index contributed by atoms with van der Waals surface area (Å²) in [7, 11) is 1.99. The molecule has 11 heteroatoms. The van der Waals surface area contributed by atoms with Crippen LogP contribution in [-0.4, -0.2) is 77.9 Å². The van der Waals surface area contributed by atoms with Gasteiger partial charge in [-0.15, -0.1) is 0 Å². The quantitative estimate of drug-likeness (QED) is 0.1000. The average Bonchev–Trinajstić information content (AvgIpc) is 3.63. The zero-order valence-corrected chi connectivity index (χ0v) is 31.1. The van der Waals surface area contributed by atoms with Gasteiger partial charge in [-0.3, -0.25) is 9.58 Å². The van der Waals surface area contributed by atoms with E-state index in [1.807, 2.05) is 49.0 Å². The van der Waals surface area contributed by atoms with Gasteiger partial charge in [0.2, 0.25) is 0 Å². The van der Waals surface area contributed by atoms with Crippen LogP contribution in [0.2, 0.25) is 5.02 Å². The lowest BCUT2D eigenvalue weighted by molar-refractivity contribution is 0.00973. The van der Waals surface area contributed by atoms with Crippen molar-refractivity contribution in [3.8, 4) is 16.9 Å². The molecule has 0 spiro atoms. The molecule has 1 fully saturated rings. The molecule has 0 amide bonds. The number of hydrogen-bond acceptors (Lipinski definition) is 7. The predicted molar refractivity (Wildman–Crippen MR) is 202 cm³/mol. The van der Waals surface area contributed by atoms with E-state index in [1.54, 1.807) is 6.07 Å². The predicted octanol–water partition coefficient (Wildman–Crippen LogP) is 8.31. The maximum Gasteiger partial charge on any atom is 0.355 e. The summed E-state index contributed by atoms with van der Waals surface area (Å²) >= 11 is 7.26. The van der Waals surface area contributed by atoms with Crippen LogP contribution >= 0.6 is 11.6 Å². The second-order valence-electron chi connectivity index (χ2n) is 13.6. The minimum Gasteiger partial charge on any atom is -0.493 e. The lowest BCUT2D eigenvalue weighted by atomic mass is 9.94. The monoisotopic (exact) mass is 730 g/mol. The SMILES string of the molecule is CCOC(=O)c1c(CCCOc2cccc3cc(F)ccc23)c2ccc(Cl)c3c2n1CCCCO[C@@H](CCN1CCOCC1)c1nn(C)c(CC)c1-3. The summed E-state index contributed by atoms with van der Waals surface area (Å²) in [5.74, 6) is 0.0820. The number of aryl methyl sites for hydroxylation is 3. The Morgan fingerprint density at radius 3 is 2.65 bits per heavy atom. The molecule has 9 nitrogen and oxygen atoms in total. The summed E-state index contributed by atoms with van der Waals surface area (Å²) in [6.45, 7) is 10.1. The van der Waals surface area contributed by atoms with Gasteiger partial charge in [0.25, 0.3) is 0 Å². The summed E-state index contributed by atoms with van der Waals surface area (Å²) in [5.41, 5.74) is 6.26. The molecule has 5 aromatic rings. The Hall–Kier alpha value is -3.96. The lowest BCUT2D eigenvalue weighted by Crippen LogP contribution is -2.37. The number of fused-ring (bicyclic) bond motifs is 3. The third-order valence-electron chi connectivity index (χ3n) is 10.4. The highest BCUT2D eigenvalue weighted by molar-refractivity contribution is 6.35. The first-order chi connectivity index (χ1) is 25.4. The molecule has 7 rings (SSSR count). The lowest BCUT2D eigenvalue weighted by Gasteiger charge is -2.28. The highest BCUT2D eigenvalue weighted by Gasteiger charge is 2.32. The number of hydrogen-bond donors (Lipinski definition) is 0. The maximum atomic E-state index is 14.0. The summed E-state index contributed by atoms with van der Waals surface area (Å²) in [4.78, 5) is 16.4. The molecule has 1 saturated heterocycles. The molecule has 2 aliphatic heterocycles. The number of carbonyl (C=O) groups excluding carboxylic acids is 1. The highest BCUT2D eigenvalue weighted by Crippen LogP contribution is 2.45. The Kier molecular flexibility index (Phi) is 11.5. The molecule has 0 N–H and O–H groups in total. The molecule has 0 radical (unpaired) electrons. The Balaban J connectivity index is 1.30. The van der Waals surface area contributed by atoms with Crippen LogP contribution in [0, 0.1) is 5.82 Å². The van der Waals surface area contributed by atoms with Gasteiger partial charge in [0.15, 0.2) is 0 Å². The summed E-state index contributed by atoms with van der Waals surface area (Å²) in [6, 6.07) is 14.4. The van der Waals surface area contributed by atoms with Gasteiger partial charge in [0, 0.05) is 67.4 Å². The van der Waals surface area contributed by atoms with Gasteiger partial charge in [0.1, 0.15) is 23.4 Å². The molecule has 0 unspecified atom stereocenters. The molecule has 276 valence electrons. The number of esters is 1. The van der Waals surface area contributed by atoms with Crippen LogP contribution in [0.15, 0.2) is 48.5 Å². The van der Waals surface area contributed by atoms with Crippen molar-refractivity contribution >= 4 is 39.2 Å². The van der Waals surface area contributed by atoms with Gasteiger partial charge in [-0.2, -0.15) is 5.10 Å². The first kappa shape index (κ1) is 36.4. The average molecular weight is 731 g/mol. The van der Waals surface area contributed by atoms with E-state index in [-0.39, 0.29) is 24.5 Å². The number of nitrogens with zero attached hydrogens (tertiary/aromatic N) is 4. The number of ether oxygens (including phenoxy) is 4. The molecule has 0 bridgehead atoms. The third-order valence-corrected chi connectivity index (χ3v) is 10.7. The van der Waals surface area contributed by atoms with Crippen LogP contribution in [-0.2, 0) is 40.6 Å². The Morgan fingerprint density at radius 2 is 1.85 bits per heavy atom. The van der Waals surface area contributed by atoms with Crippen molar-refractivity contribution in [1.29, 1.82) is 0 Å². The number of aromatic nitrogens is 3. The van der Waals surface area contributed by atoms with Crippen molar-refractivity contribution < 1.29 is 28.1 Å². The molecule has 1 atom stereocenters. The summed E-state index contributed by atoms with van der Waals surface area (Å²) < 4.78 is 42.3. The van der Waals surface area contributed by atoms with Gasteiger partial charge >= 0.3 is 5.97 Å². The minimum absolute atomic E-state index is 0.219. The largest absolute Gasteiger partial charge is 0.493 e. The van der Waals surface area contributed by atoms with E-state index in [1.165, 1.54) is 12.1 Å². The fourth-order valence-electron chi connectivity index (χ4n) is 7.93. The van der Waals surface area contributed by atoms with Gasteiger partial charge < -0.3 is 23.5 Å². The molecule has 0 aliphatic carbocycles. The van der Waals surface area contributed by atoms with Gasteiger partial charge in [-0.1, -0.05) is 36.7 Å². The molecule has 52 heavy (non-hydrogen) atoms. The van der Waals surface area contributed by atoms with Crippen LogP contribution in [0.3, 0.4) is 0 Å². The van der Waals surface area contributed by atoms with Crippen LogP contribution in [0.5, 0.6) is 5.75 Å². The van der Waals surface area contributed by atoms with E-state index in [4.69, 9.17) is 35.6 Å². The van der Waals surface area contributed by atoms with Crippen molar-refractivity contribution in [3.63, 3.8) is 0 Å². The first-order valence-corrected chi connectivity index (χ1v) is 19.1. The molecular weight excluding hydrogens is 683 g/mol. The minimum atomic E-state index is -0.343. The molecule has 0 saturated carbocycles. The van der Waals surface area contributed by atoms with Crippen LogP contribution in [0.1, 0.15) is 73.1 Å². The van der Waals surface area contributed by atoms with Crippen LogP contribution in [0.4, 0.5) is 4.39 Å². The number of benzene rings is 3. The smallest absolute Gasteiger partial charge is 0.355 e. The number of morpholine rings is 1. The Morgan fingerprint density at radius 1 is 1.02 bits per heavy atom. The number of carbonyl (C=O) groups is 1. The van der Waals surface area contributed by atoms with Crippen molar-refractivity contribution in [2.45, 2.75) is 65.0 Å². The zero-order valence-electron chi connectivity index (χ0n) is 30.4. The number of halogens is 2. The van der Waals surface area contributed by atoms with E-state index < -0.39 is 0 Å². The molecule has 2 aromatic heterocycles. The summed E-state index contributed by atoms with van der Waals surface area (Å²) in [6.07, 6.45) is 4.21. The van der Waals surface area contributed by atoms with E-state index in [9.17, 15) is 9.18 Å². The van der Waals surface area contributed by atoms with E-state index >= 15 is 0 Å². The normalized spacial score (nSPS) is 16.9. The second-order valence-corrected chi connectivity index (χ2v) is 14.0. The first-order valence-electron chi connectivity index (χ1n) is 18.7. The summed E-state index contributed by atoms with van der Waals surface area (Å²) in [5, 5.41) is 8.37. The van der Waals surface area contributed by atoms with Gasteiger partial charge in [0.05, 0.1) is 42.7 Å². The molecular formula is C41H48ClFN4O5. The topological polar surface area (TPSA) is 80.0 Å². The molecule has 2 aliphatic rings. The second kappa shape index (κ2) is 16.4. The standard InChI is InChI=1S/C41H48ClFN4O5/c1-4-33-37-36-32(42)16-15-31-30(11-9-23-51-34-12-8-10-27-26-28(43)13-14-29(27)34)40(41(48)50-5-2)47(39(31)36)18-6-7-22-52-35(38(37)44-45(33)3)17-19-46-20-24-49-25-21-46/h8,10,12-16,26,35H,4-7,9,11,17-25H2,1-3H3/t35-/m0/s1. The van der Waals surface area contributed by atoms with Crippen molar-refractivity contribution in [2.24, 2.45) is 7.05 Å². The molecule has 4 heterocycles. The van der Waals surface area contributed by atoms with E-state index in [2.05, 4.69) is 16.4 Å². The van der Waals surface area contributed by atoms with E-state index in [0.717, 1.165) is 108 Å². The molecule has 3 aromatic carbocycles. The van der Waals surface area contributed by atoms with Crippen molar-refractivity contribution in [3.05, 3.63) is 82.0 Å². The fourth-order valence-corrected chi connectivity index (χ4v) is 8.17. The fraction of sp³-hybridized carbons (Fsp3) is 0.463. The van der Waals surface area contributed by atoms with Gasteiger partial charge in [-0.25, -0.2) is 9.18 Å². The van der Waals surface area contributed by atoms with Crippen molar-refractivity contribution in [2.75, 3.05) is 52.7 Å². The third kappa shape index (κ3) is 7.31. The van der Waals surface area contributed by atoms with Crippen LogP contribution < -0.4 is 4.74 Å². The Labute approximate surface area is 309 Å².